The van der Waals surface area contributed by atoms with Crippen molar-refractivity contribution in [3.05, 3.63) is 30.0 Å². The fraction of sp³-hybridized carbons (Fsp3) is 0.658. The molecule has 3 aliphatic rings. The Bertz CT molecular complexity index is 1550. The van der Waals surface area contributed by atoms with E-state index < -0.39 is 47.5 Å². The lowest BCUT2D eigenvalue weighted by Crippen LogP contribution is -2.57. The Kier molecular flexibility index (Phi) is 11.1. The highest BCUT2D eigenvalue weighted by Crippen LogP contribution is 2.42. The number of aromatic nitrogens is 2. The van der Waals surface area contributed by atoms with Gasteiger partial charge in [0.1, 0.15) is 35.7 Å². The third-order valence-corrected chi connectivity index (χ3v) is 10.5. The number of ether oxygens (including phenoxy) is 4. The van der Waals surface area contributed by atoms with Crippen LogP contribution >= 0.6 is 0 Å². The fourth-order valence-corrected chi connectivity index (χ4v) is 7.38. The molecule has 2 aromatic rings. The van der Waals surface area contributed by atoms with Gasteiger partial charge in [-0.1, -0.05) is 61.5 Å². The van der Waals surface area contributed by atoms with Gasteiger partial charge in [0.2, 0.25) is 11.8 Å². The van der Waals surface area contributed by atoms with Gasteiger partial charge in [-0.3, -0.25) is 4.79 Å². The van der Waals surface area contributed by atoms with Crippen LogP contribution < -0.4 is 14.8 Å². The number of methoxy groups -OCH3 is 1. The molecule has 1 saturated heterocycles. The lowest BCUT2D eigenvalue weighted by atomic mass is 9.85. The molecule has 1 aromatic carbocycles. The number of allylic oxidation sites excluding steroid dienone is 1. The SMILES string of the molecule is COc1ccc2nc3c(nc2c1)O[C@H]1CN(C(=O)[C@H](C(C)(C)C)NC(=O)O[C@@H]2C[C@H](C)[C@H](C)[C@H]2CCC/C=C/3)[C@H](C(=O)OCC(C)C)[C@@H]1C. The first-order valence-electron chi connectivity index (χ1n) is 17.8. The summed E-state index contributed by atoms with van der Waals surface area (Å²) in [5.41, 5.74) is 1.17. The van der Waals surface area contributed by atoms with E-state index in [2.05, 4.69) is 25.2 Å². The summed E-state index contributed by atoms with van der Waals surface area (Å²) in [6.07, 6.45) is 5.92. The minimum Gasteiger partial charge on any atom is -0.497 e. The van der Waals surface area contributed by atoms with Gasteiger partial charge in [-0.15, -0.1) is 0 Å². The zero-order valence-corrected chi connectivity index (χ0v) is 30.5. The van der Waals surface area contributed by atoms with Gasteiger partial charge in [-0.05, 0) is 73.0 Å². The van der Waals surface area contributed by atoms with Crippen LogP contribution in [0.25, 0.3) is 17.1 Å². The van der Waals surface area contributed by atoms with Crippen molar-refractivity contribution in [1.29, 1.82) is 0 Å². The van der Waals surface area contributed by atoms with E-state index in [-0.39, 0.29) is 31.1 Å². The van der Waals surface area contributed by atoms with Crippen molar-refractivity contribution in [3.63, 3.8) is 0 Å². The largest absolute Gasteiger partial charge is 0.497 e. The monoisotopic (exact) mass is 678 g/mol. The van der Waals surface area contributed by atoms with Crippen LogP contribution in [0, 0.1) is 35.0 Å². The van der Waals surface area contributed by atoms with Gasteiger partial charge in [0.15, 0.2) is 0 Å². The number of nitrogens with zero attached hydrogens (tertiary/aromatic N) is 3. The van der Waals surface area contributed by atoms with Gasteiger partial charge in [0.25, 0.3) is 0 Å². The maximum Gasteiger partial charge on any atom is 0.408 e. The van der Waals surface area contributed by atoms with E-state index in [1.165, 1.54) is 4.90 Å². The number of fused-ring (bicyclic) bond motifs is 5. The average Bonchev–Trinajstić information content (AvgIpc) is 3.50. The normalized spacial score (nSPS) is 30.4. The van der Waals surface area contributed by atoms with Crippen molar-refractivity contribution in [3.8, 4) is 11.6 Å². The predicted molar refractivity (Wildman–Crippen MR) is 187 cm³/mol. The van der Waals surface area contributed by atoms with Gasteiger partial charge in [-0.2, -0.15) is 0 Å². The van der Waals surface area contributed by atoms with Gasteiger partial charge in [-0.25, -0.2) is 19.6 Å². The second-order valence-electron chi connectivity index (χ2n) is 15.7. The molecule has 2 fully saturated rings. The molecule has 2 bridgehead atoms. The molecule has 8 atom stereocenters. The van der Waals surface area contributed by atoms with Crippen molar-refractivity contribution in [2.24, 2.45) is 35.0 Å². The quantitative estimate of drug-likeness (QED) is 0.364. The molecule has 11 nitrogen and oxygen atoms in total. The van der Waals surface area contributed by atoms with Crippen molar-refractivity contribution in [2.45, 2.75) is 105 Å². The molecule has 49 heavy (non-hydrogen) atoms. The summed E-state index contributed by atoms with van der Waals surface area (Å²) < 4.78 is 23.9. The summed E-state index contributed by atoms with van der Waals surface area (Å²) >= 11 is 0. The first-order chi connectivity index (χ1) is 23.2. The summed E-state index contributed by atoms with van der Waals surface area (Å²) in [5, 5.41) is 2.92. The number of rotatable bonds is 4. The first-order valence-corrected chi connectivity index (χ1v) is 17.8. The van der Waals surface area contributed by atoms with E-state index in [0.29, 0.717) is 40.2 Å². The summed E-state index contributed by atoms with van der Waals surface area (Å²) in [6, 6.07) is 3.61. The van der Waals surface area contributed by atoms with Crippen molar-refractivity contribution in [1.82, 2.24) is 20.2 Å². The highest BCUT2D eigenvalue weighted by molar-refractivity contribution is 5.91. The van der Waals surface area contributed by atoms with Crippen LogP contribution in [0.1, 0.15) is 86.8 Å². The Morgan fingerprint density at radius 3 is 2.51 bits per heavy atom. The molecule has 0 unspecified atom stereocenters. The first kappa shape index (κ1) is 36.4. The Hall–Kier alpha value is -3.89. The number of alkyl carbamates (subject to hydrolysis) is 1. The van der Waals surface area contributed by atoms with Crippen LogP contribution in [0.5, 0.6) is 11.6 Å². The lowest BCUT2D eigenvalue weighted by Gasteiger charge is -2.35. The van der Waals surface area contributed by atoms with E-state index >= 15 is 0 Å². The second-order valence-corrected chi connectivity index (χ2v) is 15.7. The molecule has 268 valence electrons. The smallest absolute Gasteiger partial charge is 0.408 e. The van der Waals surface area contributed by atoms with Gasteiger partial charge in [0.05, 0.1) is 31.3 Å². The zero-order valence-electron chi connectivity index (χ0n) is 30.5. The topological polar surface area (TPSA) is 129 Å². The van der Waals surface area contributed by atoms with Crippen LogP contribution in [-0.4, -0.2) is 77.4 Å². The summed E-state index contributed by atoms with van der Waals surface area (Å²) in [5.74, 6) is 0.696. The molecule has 11 heteroatoms. The van der Waals surface area contributed by atoms with Crippen LogP contribution in [-0.2, 0) is 19.1 Å². The molecule has 1 saturated carbocycles. The lowest BCUT2D eigenvalue weighted by molar-refractivity contribution is -0.156. The Labute approximate surface area is 290 Å². The van der Waals surface area contributed by atoms with Gasteiger partial charge in [0, 0.05) is 12.0 Å². The van der Waals surface area contributed by atoms with Gasteiger partial charge >= 0.3 is 12.1 Å². The minimum atomic E-state index is -0.966. The Balaban J connectivity index is 1.57. The number of hydrogen-bond acceptors (Lipinski definition) is 9. The summed E-state index contributed by atoms with van der Waals surface area (Å²) in [4.78, 5) is 53.1. The summed E-state index contributed by atoms with van der Waals surface area (Å²) in [6.45, 7) is 16.2. The van der Waals surface area contributed by atoms with Crippen LogP contribution in [0.15, 0.2) is 24.3 Å². The molecular formula is C38H54N4O7. The molecule has 1 aromatic heterocycles. The van der Waals surface area contributed by atoms with Crippen molar-refractivity contribution >= 4 is 35.1 Å². The van der Waals surface area contributed by atoms with Gasteiger partial charge < -0.3 is 29.2 Å². The molecule has 2 aliphatic heterocycles. The van der Waals surface area contributed by atoms with Crippen LogP contribution in [0.4, 0.5) is 4.79 Å². The number of nitrogens with one attached hydrogen (secondary N) is 1. The highest BCUT2D eigenvalue weighted by Gasteiger charge is 2.51. The molecule has 3 heterocycles. The molecule has 0 spiro atoms. The van der Waals surface area contributed by atoms with E-state index in [0.717, 1.165) is 25.7 Å². The number of benzene rings is 1. The molecule has 5 rings (SSSR count). The van der Waals surface area contributed by atoms with Crippen LogP contribution in [0.2, 0.25) is 0 Å². The zero-order chi connectivity index (χ0) is 35.6. The number of amides is 2. The van der Waals surface area contributed by atoms with E-state index in [4.69, 9.17) is 28.9 Å². The van der Waals surface area contributed by atoms with Crippen LogP contribution in [0.3, 0.4) is 0 Å². The third-order valence-electron chi connectivity index (χ3n) is 10.5. The molecular weight excluding hydrogens is 624 g/mol. The number of carbonyl (C=O) groups is 3. The number of esters is 1. The van der Waals surface area contributed by atoms with E-state index in [9.17, 15) is 14.4 Å². The Morgan fingerprint density at radius 1 is 1.06 bits per heavy atom. The maximum atomic E-state index is 14.5. The number of carbonyl (C=O) groups excluding carboxylic acids is 3. The molecule has 1 aliphatic carbocycles. The summed E-state index contributed by atoms with van der Waals surface area (Å²) in [7, 11) is 1.60. The van der Waals surface area contributed by atoms with Crippen molar-refractivity contribution < 1.29 is 33.3 Å². The molecule has 0 radical (unpaired) electrons. The molecule has 1 N–H and O–H groups in total. The molecule has 2 amide bonds. The highest BCUT2D eigenvalue weighted by atomic mass is 16.6. The number of hydrogen-bond donors (Lipinski definition) is 1. The predicted octanol–water partition coefficient (Wildman–Crippen LogP) is 6.43. The minimum absolute atomic E-state index is 0.0888. The van der Waals surface area contributed by atoms with E-state index in [1.807, 2.05) is 59.8 Å². The standard InChI is InChI=1S/C38H54N4O7/c1-21(2)20-47-36(44)32-24(5)31-19-42(32)35(43)33(38(6,7)8)41-37(45)49-30-17-22(3)23(4)26(30)13-11-10-12-14-28-34(48-31)40-29-18-25(46-9)15-16-27(29)39-28/h12,14-16,18,21-24,26,30-33H,10-11,13,17,19-20H2,1-9H3,(H,41,45)/b14-12+/t22-,23-,24+,26+,30+,31-,32-,33+/m0/s1. The maximum absolute atomic E-state index is 14.5. The van der Waals surface area contributed by atoms with Crippen molar-refractivity contribution in [2.75, 3.05) is 20.3 Å². The second kappa shape index (κ2) is 14.9. The Morgan fingerprint density at radius 2 is 1.82 bits per heavy atom. The van der Waals surface area contributed by atoms with E-state index in [1.54, 1.807) is 13.2 Å². The average molecular weight is 679 g/mol. The third kappa shape index (κ3) is 8.13. The fourth-order valence-electron chi connectivity index (χ4n) is 7.38.